The van der Waals surface area contributed by atoms with Crippen LogP contribution < -0.4 is 9.46 Å². The van der Waals surface area contributed by atoms with Crippen molar-refractivity contribution in [2.24, 2.45) is 0 Å². The van der Waals surface area contributed by atoms with E-state index in [1.54, 1.807) is 18.2 Å². The Bertz CT molecular complexity index is 536. The molecule has 0 amide bonds. The van der Waals surface area contributed by atoms with Gasteiger partial charge in [-0.25, -0.2) is 13.1 Å². The third kappa shape index (κ3) is 4.69. The minimum Gasteiger partial charge on any atom is -0.494 e. The van der Waals surface area contributed by atoms with Crippen molar-refractivity contribution in [1.82, 2.24) is 4.72 Å². The van der Waals surface area contributed by atoms with E-state index in [1.165, 1.54) is 0 Å². The molecule has 0 fully saturated rings. The number of ether oxygens (including phenoxy) is 1. The van der Waals surface area contributed by atoms with Crippen LogP contribution in [0.25, 0.3) is 0 Å². The van der Waals surface area contributed by atoms with Gasteiger partial charge in [0.15, 0.2) is 0 Å². The van der Waals surface area contributed by atoms with Crippen molar-refractivity contribution in [3.63, 3.8) is 0 Å². The van der Waals surface area contributed by atoms with Crippen LogP contribution in [-0.4, -0.2) is 21.6 Å². The summed E-state index contributed by atoms with van der Waals surface area (Å²) >= 11 is 0. The quantitative estimate of drug-likeness (QED) is 0.618. The van der Waals surface area contributed by atoms with Gasteiger partial charge in [-0.15, -0.1) is 0 Å². The van der Waals surface area contributed by atoms with Crippen LogP contribution in [0.3, 0.4) is 0 Å². The molecule has 0 unspecified atom stereocenters. The number of rotatable bonds is 7. The van der Waals surface area contributed by atoms with E-state index in [9.17, 15) is 8.42 Å². The van der Waals surface area contributed by atoms with Gasteiger partial charge < -0.3 is 4.74 Å². The molecule has 106 valence electrons. The van der Waals surface area contributed by atoms with Crippen LogP contribution >= 0.6 is 0 Å². The van der Waals surface area contributed by atoms with Crippen molar-refractivity contribution in [2.75, 3.05) is 13.2 Å². The number of sulfonamides is 1. The molecule has 1 aromatic carbocycles. The van der Waals surface area contributed by atoms with Crippen molar-refractivity contribution in [1.29, 1.82) is 0 Å². The lowest BCUT2D eigenvalue weighted by atomic mass is 10.2. The fourth-order valence-electron chi connectivity index (χ4n) is 1.63. The first kappa shape index (κ1) is 15.7. The largest absolute Gasteiger partial charge is 0.494 e. The zero-order chi connectivity index (χ0) is 14.3. The number of hydrogen-bond acceptors (Lipinski definition) is 3. The molecule has 19 heavy (non-hydrogen) atoms. The van der Waals surface area contributed by atoms with E-state index in [1.807, 2.05) is 32.9 Å². The second-order valence-electron chi connectivity index (χ2n) is 4.12. The molecule has 0 aliphatic rings. The fraction of sp³-hybridized carbons (Fsp3) is 0.429. The lowest BCUT2D eigenvalue weighted by Gasteiger charge is -2.10. The normalized spacial score (nSPS) is 11.9. The monoisotopic (exact) mass is 283 g/mol. The van der Waals surface area contributed by atoms with Crippen molar-refractivity contribution in [2.45, 2.75) is 32.1 Å². The highest BCUT2D eigenvalue weighted by Gasteiger charge is 2.14. The Morgan fingerprint density at radius 1 is 1.37 bits per heavy atom. The molecule has 5 heteroatoms. The Morgan fingerprint density at radius 3 is 2.68 bits per heavy atom. The van der Waals surface area contributed by atoms with Crippen LogP contribution in [0, 0.1) is 6.92 Å². The van der Waals surface area contributed by atoms with Crippen LogP contribution in [0.15, 0.2) is 35.2 Å². The topological polar surface area (TPSA) is 55.4 Å². The van der Waals surface area contributed by atoms with Gasteiger partial charge in [-0.3, -0.25) is 0 Å². The standard InChI is InChI=1S/C14H21NO3S/c1-4-6-7-10-15-19(16,17)13-8-9-14(18-5-2)12(3)11-13/h4,6,8-9,11,15H,5,7,10H2,1-3H3/b6-4+. The van der Waals surface area contributed by atoms with Gasteiger partial charge in [-0.05, 0) is 51.0 Å². The molecule has 0 aliphatic heterocycles. The van der Waals surface area contributed by atoms with Gasteiger partial charge in [0.1, 0.15) is 5.75 Å². The molecule has 0 saturated heterocycles. The Morgan fingerprint density at radius 2 is 2.11 bits per heavy atom. The molecule has 0 aromatic heterocycles. The molecule has 0 heterocycles. The number of hydrogen-bond donors (Lipinski definition) is 1. The van der Waals surface area contributed by atoms with E-state index < -0.39 is 10.0 Å². The van der Waals surface area contributed by atoms with Crippen LogP contribution in [0.5, 0.6) is 5.75 Å². The summed E-state index contributed by atoms with van der Waals surface area (Å²) in [5.41, 5.74) is 0.818. The molecule has 0 aliphatic carbocycles. The smallest absolute Gasteiger partial charge is 0.240 e. The predicted octanol–water partition coefficient (Wildman–Crippen LogP) is 2.64. The van der Waals surface area contributed by atoms with E-state index in [4.69, 9.17) is 4.74 Å². The first-order valence-corrected chi connectivity index (χ1v) is 7.84. The average Bonchev–Trinajstić information content (AvgIpc) is 2.37. The zero-order valence-corrected chi connectivity index (χ0v) is 12.5. The van der Waals surface area contributed by atoms with Crippen molar-refractivity contribution < 1.29 is 13.2 Å². The third-order valence-corrected chi connectivity index (χ3v) is 4.05. The summed E-state index contributed by atoms with van der Waals surface area (Å²) < 4.78 is 32.0. The summed E-state index contributed by atoms with van der Waals surface area (Å²) in [7, 11) is -3.43. The first-order valence-electron chi connectivity index (χ1n) is 6.35. The summed E-state index contributed by atoms with van der Waals surface area (Å²) in [5.74, 6) is 0.718. The Labute approximate surface area is 115 Å². The second-order valence-corrected chi connectivity index (χ2v) is 5.88. The van der Waals surface area contributed by atoms with E-state index in [0.29, 0.717) is 19.6 Å². The lowest BCUT2D eigenvalue weighted by Crippen LogP contribution is -2.24. The van der Waals surface area contributed by atoms with Crippen molar-refractivity contribution in [3.05, 3.63) is 35.9 Å². The Kier molecular flexibility index (Phi) is 6.05. The molecule has 0 spiro atoms. The second kappa shape index (κ2) is 7.31. The highest BCUT2D eigenvalue weighted by atomic mass is 32.2. The van der Waals surface area contributed by atoms with E-state index >= 15 is 0 Å². The number of aryl methyl sites for hydroxylation is 1. The number of benzene rings is 1. The molecule has 0 atom stereocenters. The maximum absolute atomic E-state index is 12.0. The predicted molar refractivity (Wildman–Crippen MR) is 77.0 cm³/mol. The van der Waals surface area contributed by atoms with Crippen LogP contribution in [0.4, 0.5) is 0 Å². The highest BCUT2D eigenvalue weighted by Crippen LogP contribution is 2.21. The van der Waals surface area contributed by atoms with Crippen molar-refractivity contribution in [3.8, 4) is 5.75 Å². The molecule has 0 radical (unpaired) electrons. The highest BCUT2D eigenvalue weighted by molar-refractivity contribution is 7.89. The zero-order valence-electron chi connectivity index (χ0n) is 11.6. The van der Waals surface area contributed by atoms with Crippen molar-refractivity contribution >= 4 is 10.0 Å². The number of nitrogens with one attached hydrogen (secondary N) is 1. The molecular weight excluding hydrogens is 262 g/mol. The SMILES string of the molecule is C/C=C/CCNS(=O)(=O)c1ccc(OCC)c(C)c1. The van der Waals surface area contributed by atoms with Gasteiger partial charge in [-0.2, -0.15) is 0 Å². The van der Waals surface area contributed by atoms with Crippen LogP contribution in [0.1, 0.15) is 25.8 Å². The van der Waals surface area contributed by atoms with Gasteiger partial charge in [0.05, 0.1) is 11.5 Å². The Hall–Kier alpha value is -1.33. The first-order chi connectivity index (χ1) is 9.01. The molecular formula is C14H21NO3S. The molecule has 1 aromatic rings. The molecule has 1 rings (SSSR count). The summed E-state index contributed by atoms with van der Waals surface area (Å²) in [6.45, 7) is 6.61. The summed E-state index contributed by atoms with van der Waals surface area (Å²) in [6, 6.07) is 4.89. The van der Waals surface area contributed by atoms with Gasteiger partial charge in [0, 0.05) is 6.54 Å². The average molecular weight is 283 g/mol. The molecule has 1 N–H and O–H groups in total. The van der Waals surface area contributed by atoms with Gasteiger partial charge >= 0.3 is 0 Å². The summed E-state index contributed by atoms with van der Waals surface area (Å²) in [6.07, 6.45) is 4.51. The third-order valence-electron chi connectivity index (χ3n) is 2.60. The van der Waals surface area contributed by atoms with Crippen LogP contribution in [-0.2, 0) is 10.0 Å². The van der Waals surface area contributed by atoms with Gasteiger partial charge in [0.2, 0.25) is 10.0 Å². The molecule has 0 bridgehead atoms. The molecule has 4 nitrogen and oxygen atoms in total. The van der Waals surface area contributed by atoms with E-state index in [0.717, 1.165) is 11.3 Å². The molecule has 0 saturated carbocycles. The Balaban J connectivity index is 2.81. The van der Waals surface area contributed by atoms with E-state index in [2.05, 4.69) is 4.72 Å². The minimum atomic E-state index is -3.43. The van der Waals surface area contributed by atoms with Crippen LogP contribution in [0.2, 0.25) is 0 Å². The summed E-state index contributed by atoms with van der Waals surface area (Å²) in [4.78, 5) is 0.272. The van der Waals surface area contributed by atoms with Gasteiger partial charge in [0.25, 0.3) is 0 Å². The maximum atomic E-state index is 12.0. The summed E-state index contributed by atoms with van der Waals surface area (Å²) in [5, 5.41) is 0. The van der Waals surface area contributed by atoms with E-state index in [-0.39, 0.29) is 4.90 Å². The maximum Gasteiger partial charge on any atom is 0.240 e. The lowest BCUT2D eigenvalue weighted by molar-refractivity contribution is 0.337. The van der Waals surface area contributed by atoms with Gasteiger partial charge in [-0.1, -0.05) is 12.2 Å². The minimum absolute atomic E-state index is 0.272. The fourth-order valence-corrected chi connectivity index (χ4v) is 2.77. The number of allylic oxidation sites excluding steroid dienone is 1.